The second kappa shape index (κ2) is 7.11. The van der Waals surface area contributed by atoms with Crippen LogP contribution in [0.2, 0.25) is 0 Å². The van der Waals surface area contributed by atoms with Crippen molar-refractivity contribution in [3.05, 3.63) is 33.3 Å². The summed E-state index contributed by atoms with van der Waals surface area (Å²) >= 11 is 2.33. The zero-order valence-electron chi connectivity index (χ0n) is 11.7. The van der Waals surface area contributed by atoms with Gasteiger partial charge in [-0.3, -0.25) is 9.69 Å². The number of alkyl halides is 2. The molecule has 1 aliphatic rings. The molecule has 3 rings (SSSR count). The molecule has 120 valence electrons. The minimum absolute atomic E-state index is 0.160. The minimum Gasteiger partial charge on any atom is -0.289 e. The lowest BCUT2D eigenvalue weighted by atomic mass is 9.96. The molecule has 0 aromatic carbocycles. The van der Waals surface area contributed by atoms with Crippen LogP contribution in [0.1, 0.15) is 11.4 Å². The smallest absolute Gasteiger partial charge is 0.251 e. The Balaban J connectivity index is 1.91. The molecule has 2 aromatic rings. The first-order valence-electron chi connectivity index (χ1n) is 6.62. The molecule has 1 aliphatic heterocycles. The van der Waals surface area contributed by atoms with E-state index in [1.165, 1.54) is 4.90 Å². The van der Waals surface area contributed by atoms with Gasteiger partial charge < -0.3 is 0 Å². The number of hydrogen-bond donors (Lipinski definition) is 0. The van der Waals surface area contributed by atoms with Crippen molar-refractivity contribution in [3.8, 4) is 0 Å². The maximum atomic E-state index is 12.7. The van der Waals surface area contributed by atoms with Gasteiger partial charge in [-0.1, -0.05) is 8.98 Å². The fourth-order valence-electron chi connectivity index (χ4n) is 2.26. The van der Waals surface area contributed by atoms with Crippen LogP contribution in [0.4, 0.5) is 8.78 Å². The Labute approximate surface area is 138 Å². The van der Waals surface area contributed by atoms with Crippen LogP contribution in [0.3, 0.4) is 0 Å². The van der Waals surface area contributed by atoms with Gasteiger partial charge in [0.05, 0.1) is 17.9 Å². The number of ketones is 1. The van der Waals surface area contributed by atoms with Crippen molar-refractivity contribution in [1.29, 1.82) is 0 Å². The van der Waals surface area contributed by atoms with Gasteiger partial charge in [-0.15, -0.1) is 10.2 Å². The molecule has 23 heavy (non-hydrogen) atoms. The van der Waals surface area contributed by atoms with Crippen LogP contribution in [-0.2, 0) is 4.79 Å². The second-order valence-corrected chi connectivity index (χ2v) is 6.11. The maximum absolute atomic E-state index is 12.7. The van der Waals surface area contributed by atoms with Crippen LogP contribution in [-0.4, -0.2) is 55.9 Å². The molecule has 0 radical (unpaired) electrons. The van der Waals surface area contributed by atoms with E-state index in [1.807, 2.05) is 0 Å². The Bertz CT molecular complexity index is 671. The van der Waals surface area contributed by atoms with Crippen molar-refractivity contribution in [2.75, 3.05) is 19.6 Å². The van der Waals surface area contributed by atoms with E-state index in [0.717, 1.165) is 23.1 Å². The summed E-state index contributed by atoms with van der Waals surface area (Å²) in [6.45, 7) is -0.0761. The summed E-state index contributed by atoms with van der Waals surface area (Å²) in [6, 6.07) is 0. The number of piperidine rings is 1. The Morgan fingerprint density at radius 1 is 1.09 bits per heavy atom. The number of rotatable bonds is 4. The summed E-state index contributed by atoms with van der Waals surface area (Å²) in [5.41, 5.74) is 1.93. The highest BCUT2D eigenvalue weighted by atomic mass is 32.1. The van der Waals surface area contributed by atoms with Crippen LogP contribution in [0.25, 0.3) is 12.2 Å². The number of carbonyl (C=O) groups excluding carboxylic acids is 1. The summed E-state index contributed by atoms with van der Waals surface area (Å²) in [7, 11) is 0. The Morgan fingerprint density at radius 3 is 2.00 bits per heavy atom. The van der Waals surface area contributed by atoms with Crippen LogP contribution in [0.5, 0.6) is 0 Å². The SMILES string of the molecule is O=C1C(=Cc2csnn2)CN(CC(F)F)CC1=Cc1csnn1. The highest BCUT2D eigenvalue weighted by Gasteiger charge is 2.28. The molecule has 0 saturated carbocycles. The lowest BCUT2D eigenvalue weighted by Gasteiger charge is -2.29. The summed E-state index contributed by atoms with van der Waals surface area (Å²) in [4.78, 5) is 14.1. The molecule has 2 aromatic heterocycles. The van der Waals surface area contributed by atoms with E-state index in [-0.39, 0.29) is 18.9 Å². The molecule has 6 nitrogen and oxygen atoms in total. The molecular weight excluding hydrogens is 344 g/mol. The van der Waals surface area contributed by atoms with Gasteiger partial charge >= 0.3 is 0 Å². The average molecular weight is 355 g/mol. The van der Waals surface area contributed by atoms with Gasteiger partial charge in [-0.2, -0.15) is 0 Å². The molecular formula is C13H11F2N5OS2. The third-order valence-electron chi connectivity index (χ3n) is 3.17. The Hall–Kier alpha value is -1.91. The van der Waals surface area contributed by atoms with E-state index in [4.69, 9.17) is 0 Å². The van der Waals surface area contributed by atoms with Crippen molar-refractivity contribution >= 4 is 41.0 Å². The van der Waals surface area contributed by atoms with E-state index < -0.39 is 13.0 Å². The normalized spacial score (nSPS) is 20.0. The Kier molecular flexibility index (Phi) is 4.94. The van der Waals surface area contributed by atoms with Gasteiger partial charge in [0.25, 0.3) is 6.43 Å². The van der Waals surface area contributed by atoms with Crippen LogP contribution in [0, 0.1) is 0 Å². The maximum Gasteiger partial charge on any atom is 0.251 e. The topological polar surface area (TPSA) is 71.9 Å². The fourth-order valence-corrected chi connectivity index (χ4v) is 3.08. The lowest BCUT2D eigenvalue weighted by molar-refractivity contribution is -0.113. The van der Waals surface area contributed by atoms with Crippen molar-refractivity contribution in [2.24, 2.45) is 0 Å². The number of hydrogen-bond acceptors (Lipinski definition) is 8. The van der Waals surface area contributed by atoms with Gasteiger partial charge in [0.1, 0.15) is 0 Å². The number of likely N-dealkylation sites (tertiary alicyclic amines) is 1. The van der Waals surface area contributed by atoms with E-state index in [9.17, 15) is 13.6 Å². The van der Waals surface area contributed by atoms with E-state index in [1.54, 1.807) is 22.9 Å². The third-order valence-corrected chi connectivity index (χ3v) is 4.21. The zero-order valence-corrected chi connectivity index (χ0v) is 13.4. The van der Waals surface area contributed by atoms with E-state index >= 15 is 0 Å². The van der Waals surface area contributed by atoms with Gasteiger partial charge in [-0.25, -0.2) is 8.78 Å². The van der Waals surface area contributed by atoms with Crippen LogP contribution in [0.15, 0.2) is 21.9 Å². The summed E-state index contributed by atoms with van der Waals surface area (Å²) in [6.07, 6.45) is 0.722. The molecule has 0 N–H and O–H groups in total. The lowest BCUT2D eigenvalue weighted by Crippen LogP contribution is -2.40. The molecule has 0 atom stereocenters. The van der Waals surface area contributed by atoms with Gasteiger partial charge in [-0.05, 0) is 35.2 Å². The first kappa shape index (κ1) is 16.0. The van der Waals surface area contributed by atoms with Crippen molar-refractivity contribution < 1.29 is 13.6 Å². The predicted molar refractivity (Wildman–Crippen MR) is 83.2 cm³/mol. The molecule has 3 heterocycles. The summed E-state index contributed by atoms with van der Waals surface area (Å²) < 4.78 is 32.9. The van der Waals surface area contributed by atoms with Crippen molar-refractivity contribution in [3.63, 3.8) is 0 Å². The largest absolute Gasteiger partial charge is 0.289 e. The van der Waals surface area contributed by atoms with E-state index in [0.29, 0.717) is 22.5 Å². The zero-order chi connectivity index (χ0) is 16.2. The second-order valence-electron chi connectivity index (χ2n) is 4.89. The molecule has 0 spiro atoms. The van der Waals surface area contributed by atoms with Crippen molar-refractivity contribution in [1.82, 2.24) is 24.1 Å². The van der Waals surface area contributed by atoms with Crippen LogP contribution >= 0.6 is 23.1 Å². The standard InChI is InChI=1S/C13H11F2N5OS2/c14-12(15)5-20-3-8(1-10-6-22-18-16-10)13(21)9(4-20)2-11-7-23-19-17-11/h1-2,6-7,12H,3-5H2. The molecule has 1 saturated heterocycles. The monoisotopic (exact) mass is 355 g/mol. The van der Waals surface area contributed by atoms with Gasteiger partial charge in [0.15, 0.2) is 5.78 Å². The number of Topliss-reactive ketones (excluding diaryl/α,β-unsaturated/α-hetero) is 1. The number of halogens is 2. The predicted octanol–water partition coefficient (Wildman–Crippen LogP) is 2.01. The highest BCUT2D eigenvalue weighted by Crippen LogP contribution is 2.22. The molecule has 10 heteroatoms. The van der Waals surface area contributed by atoms with Gasteiger partial charge in [0.2, 0.25) is 0 Å². The highest BCUT2D eigenvalue weighted by molar-refractivity contribution is 7.03. The number of aromatic nitrogens is 4. The molecule has 0 amide bonds. The van der Waals surface area contributed by atoms with Crippen LogP contribution < -0.4 is 0 Å². The number of carbonyl (C=O) groups is 1. The quantitative estimate of drug-likeness (QED) is 0.781. The van der Waals surface area contributed by atoms with E-state index in [2.05, 4.69) is 19.2 Å². The molecule has 0 aliphatic carbocycles. The third kappa shape index (κ3) is 4.09. The summed E-state index contributed by atoms with van der Waals surface area (Å²) in [5.74, 6) is -0.184. The molecule has 0 bridgehead atoms. The first-order chi connectivity index (χ1) is 11.1. The average Bonchev–Trinajstić information content (AvgIpc) is 3.16. The van der Waals surface area contributed by atoms with Gasteiger partial charge in [0, 0.05) is 35.0 Å². The fraction of sp³-hybridized carbons (Fsp3) is 0.308. The Morgan fingerprint density at radius 2 is 1.61 bits per heavy atom. The summed E-state index contributed by atoms with van der Waals surface area (Å²) in [5, 5.41) is 11.1. The molecule has 0 unspecified atom stereocenters. The first-order valence-corrected chi connectivity index (χ1v) is 8.29. The molecule has 1 fully saturated rings. The number of nitrogens with zero attached hydrogens (tertiary/aromatic N) is 5. The van der Waals surface area contributed by atoms with Crippen molar-refractivity contribution in [2.45, 2.75) is 6.43 Å². The minimum atomic E-state index is -2.47.